The van der Waals surface area contributed by atoms with E-state index in [0.29, 0.717) is 12.4 Å². The maximum Gasteiger partial charge on any atom is 0.265 e. The normalized spacial score (nSPS) is 18.2. The summed E-state index contributed by atoms with van der Waals surface area (Å²) in [6.45, 7) is 3.06. The highest BCUT2D eigenvalue weighted by molar-refractivity contribution is 5.97. The van der Waals surface area contributed by atoms with Gasteiger partial charge in [-0.2, -0.15) is 0 Å². The summed E-state index contributed by atoms with van der Waals surface area (Å²) < 4.78 is 5.49. The van der Waals surface area contributed by atoms with E-state index in [9.17, 15) is 4.79 Å². The average molecular weight is 250 g/mol. The molecule has 1 aromatic carbocycles. The second-order valence-corrected chi connectivity index (χ2v) is 4.46. The number of rotatable bonds is 4. The smallest absolute Gasteiger partial charge is 0.265 e. The average Bonchev–Trinajstić information content (AvgIpc) is 2.31. The minimum Gasteiger partial charge on any atom is -0.479 e. The first-order valence-electron chi connectivity index (χ1n) is 5.82. The summed E-state index contributed by atoms with van der Waals surface area (Å²) in [5.74, 6) is 5.86. The van der Waals surface area contributed by atoms with Gasteiger partial charge in [-0.25, -0.2) is 5.43 Å². The number of anilines is 1. The summed E-state index contributed by atoms with van der Waals surface area (Å²) in [7, 11) is 1.95. The van der Waals surface area contributed by atoms with Gasteiger partial charge in [0.15, 0.2) is 6.10 Å². The quantitative estimate of drug-likeness (QED) is 0.406. The van der Waals surface area contributed by atoms with Crippen LogP contribution in [0.3, 0.4) is 0 Å². The van der Waals surface area contributed by atoms with Gasteiger partial charge in [-0.05, 0) is 31.7 Å². The lowest BCUT2D eigenvalue weighted by atomic mass is 10.1. The number of hydrogen-bond donors (Lipinski definition) is 3. The molecule has 0 spiro atoms. The summed E-state index contributed by atoms with van der Waals surface area (Å²) in [5.41, 5.74) is 4.41. The molecule has 0 aromatic heterocycles. The Labute approximate surface area is 106 Å². The van der Waals surface area contributed by atoms with E-state index in [4.69, 9.17) is 10.6 Å². The molecule has 0 aliphatic carbocycles. The zero-order chi connectivity index (χ0) is 13.1. The molecule has 1 aromatic rings. The van der Waals surface area contributed by atoms with Crippen LogP contribution in [0.4, 0.5) is 5.69 Å². The number of hydrogen-bond acceptors (Lipinski definition) is 5. The summed E-state index contributed by atoms with van der Waals surface area (Å²) in [6.07, 6.45) is -0.438. The van der Waals surface area contributed by atoms with Crippen molar-refractivity contribution in [3.63, 3.8) is 0 Å². The first-order chi connectivity index (χ1) is 8.60. The fraction of sp³-hybridized carbons (Fsp3) is 0.417. The Morgan fingerprint density at radius 3 is 3.06 bits per heavy atom. The molecule has 1 aliphatic heterocycles. The topological polar surface area (TPSA) is 79.6 Å². The summed E-state index contributed by atoms with van der Waals surface area (Å²) in [6, 6.07) is 5.78. The van der Waals surface area contributed by atoms with Crippen LogP contribution >= 0.6 is 0 Å². The van der Waals surface area contributed by atoms with Crippen molar-refractivity contribution in [3.8, 4) is 5.75 Å². The van der Waals surface area contributed by atoms with Crippen molar-refractivity contribution in [1.82, 2.24) is 10.3 Å². The predicted octanol–water partition coefficient (Wildman–Crippen LogP) is 0.259. The van der Waals surface area contributed by atoms with Crippen LogP contribution in [0.15, 0.2) is 18.2 Å². The number of fused-ring (bicyclic) bond motifs is 1. The molecule has 1 atom stereocenters. The van der Waals surface area contributed by atoms with Crippen molar-refractivity contribution in [2.45, 2.75) is 19.6 Å². The van der Waals surface area contributed by atoms with Gasteiger partial charge in [-0.1, -0.05) is 6.07 Å². The zero-order valence-electron chi connectivity index (χ0n) is 10.6. The zero-order valence-corrected chi connectivity index (χ0v) is 10.6. The molecule has 0 saturated heterocycles. The highest BCUT2D eigenvalue weighted by Gasteiger charge is 2.23. The summed E-state index contributed by atoms with van der Waals surface area (Å²) in [5, 5.41) is 2.83. The number of nitrogens with zero attached hydrogens (tertiary/aromatic N) is 1. The van der Waals surface area contributed by atoms with Crippen molar-refractivity contribution < 1.29 is 9.53 Å². The largest absolute Gasteiger partial charge is 0.479 e. The van der Waals surface area contributed by atoms with E-state index in [1.807, 2.05) is 30.1 Å². The lowest BCUT2D eigenvalue weighted by Crippen LogP contribution is -2.35. The van der Waals surface area contributed by atoms with E-state index in [0.717, 1.165) is 17.8 Å². The van der Waals surface area contributed by atoms with Crippen molar-refractivity contribution in [1.29, 1.82) is 0 Å². The van der Waals surface area contributed by atoms with E-state index in [1.54, 1.807) is 6.92 Å². The Bertz CT molecular complexity index is 450. The third-order valence-electron chi connectivity index (χ3n) is 2.79. The van der Waals surface area contributed by atoms with Gasteiger partial charge in [-0.3, -0.25) is 15.5 Å². The van der Waals surface area contributed by atoms with Gasteiger partial charge in [0, 0.05) is 6.54 Å². The number of carbonyl (C=O) groups is 1. The number of carbonyl (C=O) groups excluding carboxylic acids is 1. The second kappa shape index (κ2) is 5.34. The van der Waals surface area contributed by atoms with Crippen LogP contribution in [-0.2, 0) is 11.3 Å². The SMILES string of the molecule is CC1Oc2ccc(CN(C)CNN)cc2NC1=O. The van der Waals surface area contributed by atoms with Gasteiger partial charge in [-0.15, -0.1) is 0 Å². The van der Waals surface area contributed by atoms with E-state index >= 15 is 0 Å². The first kappa shape index (κ1) is 12.8. The third kappa shape index (κ3) is 2.79. The van der Waals surface area contributed by atoms with Crippen molar-refractivity contribution in [2.75, 3.05) is 19.0 Å². The number of ether oxygens (including phenoxy) is 1. The molecule has 0 bridgehead atoms. The number of nitrogens with one attached hydrogen (secondary N) is 2. The minimum atomic E-state index is -0.438. The van der Waals surface area contributed by atoms with Crippen LogP contribution in [0.5, 0.6) is 5.75 Å². The lowest BCUT2D eigenvalue weighted by Gasteiger charge is -2.24. The second-order valence-electron chi connectivity index (χ2n) is 4.46. The lowest BCUT2D eigenvalue weighted by molar-refractivity contribution is -0.122. The van der Waals surface area contributed by atoms with Gasteiger partial charge in [0.2, 0.25) is 0 Å². The Morgan fingerprint density at radius 2 is 2.33 bits per heavy atom. The molecule has 6 nitrogen and oxygen atoms in total. The molecule has 0 saturated carbocycles. The number of nitrogens with two attached hydrogens (primary N) is 1. The first-order valence-corrected chi connectivity index (χ1v) is 5.82. The van der Waals surface area contributed by atoms with Gasteiger partial charge in [0.1, 0.15) is 5.75 Å². The van der Waals surface area contributed by atoms with Gasteiger partial charge in [0.05, 0.1) is 12.4 Å². The third-order valence-corrected chi connectivity index (χ3v) is 2.79. The highest BCUT2D eigenvalue weighted by atomic mass is 16.5. The van der Waals surface area contributed by atoms with Crippen LogP contribution < -0.4 is 21.3 Å². The van der Waals surface area contributed by atoms with Gasteiger partial charge in [0.25, 0.3) is 5.91 Å². The minimum absolute atomic E-state index is 0.114. The molecule has 98 valence electrons. The fourth-order valence-electron chi connectivity index (χ4n) is 1.88. The predicted molar refractivity (Wildman–Crippen MR) is 68.8 cm³/mol. The molecule has 0 radical (unpaired) electrons. The van der Waals surface area contributed by atoms with Crippen LogP contribution in [-0.4, -0.2) is 30.6 Å². The molecule has 0 fully saturated rings. The van der Waals surface area contributed by atoms with Gasteiger partial charge >= 0.3 is 0 Å². The van der Waals surface area contributed by atoms with E-state index < -0.39 is 6.10 Å². The molecular weight excluding hydrogens is 232 g/mol. The molecule has 6 heteroatoms. The van der Waals surface area contributed by atoms with Crippen molar-refractivity contribution in [3.05, 3.63) is 23.8 Å². The molecule has 1 unspecified atom stereocenters. The van der Waals surface area contributed by atoms with Crippen LogP contribution in [0.2, 0.25) is 0 Å². The molecule has 1 heterocycles. The van der Waals surface area contributed by atoms with E-state index in [1.165, 1.54) is 0 Å². The van der Waals surface area contributed by atoms with Crippen LogP contribution in [0.25, 0.3) is 0 Å². The Kier molecular flexibility index (Phi) is 3.81. The molecule has 1 amide bonds. The molecule has 1 aliphatic rings. The molecular formula is C12H18N4O2. The molecule has 2 rings (SSSR count). The van der Waals surface area contributed by atoms with Crippen molar-refractivity contribution >= 4 is 11.6 Å². The fourth-order valence-corrected chi connectivity index (χ4v) is 1.88. The standard InChI is InChI=1S/C12H18N4O2/c1-8-12(17)15-10-5-9(3-4-11(10)18-8)6-16(2)7-14-13/h3-5,8,14H,6-7,13H2,1-2H3,(H,15,17). The van der Waals surface area contributed by atoms with Crippen molar-refractivity contribution in [2.24, 2.45) is 5.84 Å². The molecule has 4 N–H and O–H groups in total. The maximum atomic E-state index is 11.5. The van der Waals surface area contributed by atoms with E-state index in [2.05, 4.69) is 10.7 Å². The number of benzene rings is 1. The summed E-state index contributed by atoms with van der Waals surface area (Å²) >= 11 is 0. The maximum absolute atomic E-state index is 11.5. The monoisotopic (exact) mass is 250 g/mol. The Balaban J connectivity index is 2.12. The highest BCUT2D eigenvalue weighted by Crippen LogP contribution is 2.30. The summed E-state index contributed by atoms with van der Waals surface area (Å²) in [4.78, 5) is 13.5. The Morgan fingerprint density at radius 1 is 1.56 bits per heavy atom. The number of hydrazine groups is 1. The van der Waals surface area contributed by atoms with Crippen LogP contribution in [0, 0.1) is 0 Å². The number of amides is 1. The van der Waals surface area contributed by atoms with Crippen LogP contribution in [0.1, 0.15) is 12.5 Å². The molecule has 18 heavy (non-hydrogen) atoms. The van der Waals surface area contributed by atoms with Gasteiger partial charge < -0.3 is 10.1 Å². The van der Waals surface area contributed by atoms with E-state index in [-0.39, 0.29) is 5.91 Å². The Hall–Kier alpha value is -1.63.